The van der Waals surface area contributed by atoms with Crippen LogP contribution in [0, 0.1) is 6.92 Å². The molecule has 0 saturated heterocycles. The molecule has 2 N–H and O–H groups in total. The van der Waals surface area contributed by atoms with Crippen LogP contribution in [0.15, 0.2) is 5.38 Å². The lowest BCUT2D eigenvalue weighted by Gasteiger charge is -2.03. The van der Waals surface area contributed by atoms with E-state index in [4.69, 9.17) is 0 Å². The topological polar surface area (TPSA) is 71.1 Å². The Morgan fingerprint density at radius 1 is 1.62 bits per heavy atom. The summed E-state index contributed by atoms with van der Waals surface area (Å²) in [5.74, 6) is 0. The molecule has 0 atom stereocenters. The van der Waals surface area contributed by atoms with Crippen LogP contribution in [-0.2, 0) is 10.2 Å². The van der Waals surface area contributed by atoms with Gasteiger partial charge < -0.3 is 0 Å². The van der Waals surface area contributed by atoms with E-state index in [-0.39, 0.29) is 0 Å². The maximum absolute atomic E-state index is 11.2. The molecule has 13 heavy (non-hydrogen) atoms. The molecule has 1 aromatic rings. The Morgan fingerprint density at radius 3 is 2.77 bits per heavy atom. The smallest absolute Gasteiger partial charge is 0.246 e. The summed E-state index contributed by atoms with van der Waals surface area (Å²) >= 11 is 1.26. The Kier molecular flexibility index (Phi) is 3.23. The van der Waals surface area contributed by atoms with Gasteiger partial charge in [-0.1, -0.05) is 6.92 Å². The fourth-order valence-corrected chi connectivity index (χ4v) is 2.52. The Bertz CT molecular complexity index is 371. The molecule has 1 rings (SSSR count). The summed E-state index contributed by atoms with van der Waals surface area (Å²) < 4.78 is 26.9. The molecule has 0 fully saturated rings. The Labute approximate surface area is 81.4 Å². The van der Waals surface area contributed by atoms with E-state index in [9.17, 15) is 8.42 Å². The van der Waals surface area contributed by atoms with Gasteiger partial charge in [-0.15, -0.1) is 11.3 Å². The van der Waals surface area contributed by atoms with Gasteiger partial charge in [0.1, 0.15) is 0 Å². The van der Waals surface area contributed by atoms with E-state index >= 15 is 0 Å². The second-order valence-corrected chi connectivity index (χ2v) is 4.76. The van der Waals surface area contributed by atoms with Crippen molar-refractivity contribution in [3.8, 4) is 0 Å². The van der Waals surface area contributed by atoms with Crippen LogP contribution >= 0.6 is 11.3 Å². The molecule has 1 aromatic heterocycles. The molecule has 0 aliphatic carbocycles. The van der Waals surface area contributed by atoms with Crippen molar-refractivity contribution in [1.82, 2.24) is 9.71 Å². The van der Waals surface area contributed by atoms with Crippen LogP contribution in [0.3, 0.4) is 0 Å². The molecular formula is C6H11N3O2S2. The number of nitrogens with one attached hydrogen (secondary N) is 2. The SMILES string of the molecule is CCNS(=O)(=O)Nc1nc(C)cs1. The van der Waals surface area contributed by atoms with Crippen molar-refractivity contribution in [3.05, 3.63) is 11.1 Å². The highest BCUT2D eigenvalue weighted by Crippen LogP contribution is 2.14. The minimum atomic E-state index is -3.42. The number of anilines is 1. The predicted molar refractivity (Wildman–Crippen MR) is 53.1 cm³/mol. The number of hydrogen-bond donors (Lipinski definition) is 2. The van der Waals surface area contributed by atoms with Crippen LogP contribution in [0.1, 0.15) is 12.6 Å². The van der Waals surface area contributed by atoms with Crippen molar-refractivity contribution in [2.75, 3.05) is 11.3 Å². The van der Waals surface area contributed by atoms with Crippen LogP contribution < -0.4 is 9.44 Å². The molecule has 0 unspecified atom stereocenters. The van der Waals surface area contributed by atoms with Gasteiger partial charge in [0, 0.05) is 11.9 Å². The van der Waals surface area contributed by atoms with Crippen LogP contribution in [-0.4, -0.2) is 19.9 Å². The standard InChI is InChI=1S/C6H11N3O2S2/c1-3-7-13(10,11)9-6-8-5(2)4-12-6/h4,7H,3H2,1-2H3,(H,8,9). The lowest BCUT2D eigenvalue weighted by atomic mass is 10.6. The summed E-state index contributed by atoms with van der Waals surface area (Å²) in [6, 6.07) is 0. The number of thiazole rings is 1. The van der Waals surface area contributed by atoms with Crippen molar-refractivity contribution >= 4 is 26.7 Å². The second kappa shape index (κ2) is 4.03. The van der Waals surface area contributed by atoms with Crippen LogP contribution in [0.4, 0.5) is 5.13 Å². The fraction of sp³-hybridized carbons (Fsp3) is 0.500. The monoisotopic (exact) mass is 221 g/mol. The minimum Gasteiger partial charge on any atom is -0.246 e. The molecule has 5 nitrogen and oxygen atoms in total. The zero-order valence-corrected chi connectivity index (χ0v) is 9.00. The number of aromatic nitrogens is 1. The molecule has 74 valence electrons. The molecular weight excluding hydrogens is 210 g/mol. The Balaban J connectivity index is 2.69. The van der Waals surface area contributed by atoms with Gasteiger partial charge in [0.05, 0.1) is 5.69 Å². The molecule has 0 aliphatic heterocycles. The minimum absolute atomic E-state index is 0.361. The summed E-state index contributed by atoms with van der Waals surface area (Å²) in [5, 5.41) is 2.17. The zero-order valence-electron chi connectivity index (χ0n) is 7.36. The first-order chi connectivity index (χ1) is 6.03. The second-order valence-electron chi connectivity index (χ2n) is 2.40. The van der Waals surface area contributed by atoms with E-state index in [0.29, 0.717) is 11.7 Å². The van der Waals surface area contributed by atoms with E-state index in [1.807, 2.05) is 6.92 Å². The van der Waals surface area contributed by atoms with E-state index in [0.717, 1.165) is 5.69 Å². The van der Waals surface area contributed by atoms with Gasteiger partial charge in [0.25, 0.3) is 0 Å². The molecule has 0 radical (unpaired) electrons. The molecule has 0 aliphatic rings. The van der Waals surface area contributed by atoms with Crippen LogP contribution in [0.2, 0.25) is 0 Å². The first-order valence-electron chi connectivity index (χ1n) is 3.73. The lowest BCUT2D eigenvalue weighted by molar-refractivity contribution is 0.589. The highest BCUT2D eigenvalue weighted by atomic mass is 32.2. The molecule has 0 spiro atoms. The first kappa shape index (κ1) is 10.4. The van der Waals surface area contributed by atoms with Crippen molar-refractivity contribution in [3.63, 3.8) is 0 Å². The summed E-state index contributed by atoms with van der Waals surface area (Å²) in [6.45, 7) is 3.88. The summed E-state index contributed by atoms with van der Waals surface area (Å²) in [5.41, 5.74) is 0.805. The van der Waals surface area contributed by atoms with Crippen molar-refractivity contribution < 1.29 is 8.42 Å². The van der Waals surface area contributed by atoms with E-state index in [2.05, 4.69) is 14.4 Å². The van der Waals surface area contributed by atoms with Gasteiger partial charge in [0.15, 0.2) is 5.13 Å². The summed E-state index contributed by atoms with van der Waals surface area (Å²) in [4.78, 5) is 3.97. The third-order valence-corrected chi connectivity index (χ3v) is 3.31. The highest BCUT2D eigenvalue weighted by molar-refractivity contribution is 7.91. The van der Waals surface area contributed by atoms with Gasteiger partial charge in [-0.3, -0.25) is 0 Å². The van der Waals surface area contributed by atoms with Gasteiger partial charge in [-0.05, 0) is 6.92 Å². The van der Waals surface area contributed by atoms with E-state index in [1.54, 1.807) is 12.3 Å². The Hall–Kier alpha value is -0.660. The van der Waals surface area contributed by atoms with E-state index in [1.165, 1.54) is 11.3 Å². The molecule has 7 heteroatoms. The third kappa shape index (κ3) is 3.29. The average molecular weight is 221 g/mol. The number of hydrogen-bond acceptors (Lipinski definition) is 4. The predicted octanol–water partition coefficient (Wildman–Crippen LogP) is 0.718. The maximum atomic E-state index is 11.2. The quantitative estimate of drug-likeness (QED) is 0.787. The van der Waals surface area contributed by atoms with Gasteiger partial charge in [-0.25, -0.2) is 9.71 Å². The maximum Gasteiger partial charge on any atom is 0.300 e. The van der Waals surface area contributed by atoms with Gasteiger partial charge >= 0.3 is 10.2 Å². The average Bonchev–Trinajstić information content (AvgIpc) is 2.34. The van der Waals surface area contributed by atoms with Crippen LogP contribution in [0.25, 0.3) is 0 Å². The Morgan fingerprint density at radius 2 is 2.31 bits per heavy atom. The number of aryl methyl sites for hydroxylation is 1. The number of rotatable bonds is 4. The van der Waals surface area contributed by atoms with E-state index < -0.39 is 10.2 Å². The first-order valence-corrected chi connectivity index (χ1v) is 6.09. The van der Waals surface area contributed by atoms with Crippen molar-refractivity contribution in [2.45, 2.75) is 13.8 Å². The lowest BCUT2D eigenvalue weighted by Crippen LogP contribution is -2.29. The molecule has 1 heterocycles. The summed E-state index contributed by atoms with van der Waals surface area (Å²) in [7, 11) is -3.42. The largest absolute Gasteiger partial charge is 0.300 e. The normalized spacial score (nSPS) is 11.5. The molecule has 0 bridgehead atoms. The van der Waals surface area contributed by atoms with Gasteiger partial charge in [0.2, 0.25) is 0 Å². The van der Waals surface area contributed by atoms with Crippen LogP contribution in [0.5, 0.6) is 0 Å². The molecule has 0 saturated carbocycles. The number of nitrogens with zero attached hydrogens (tertiary/aromatic N) is 1. The zero-order chi connectivity index (χ0) is 9.90. The third-order valence-electron chi connectivity index (χ3n) is 1.18. The molecule has 0 amide bonds. The molecule has 0 aromatic carbocycles. The van der Waals surface area contributed by atoms with Crippen molar-refractivity contribution in [1.29, 1.82) is 0 Å². The fourth-order valence-electron chi connectivity index (χ4n) is 0.742. The highest BCUT2D eigenvalue weighted by Gasteiger charge is 2.09. The van der Waals surface area contributed by atoms with Crippen molar-refractivity contribution in [2.24, 2.45) is 0 Å². The summed E-state index contributed by atoms with van der Waals surface area (Å²) in [6.07, 6.45) is 0. The van der Waals surface area contributed by atoms with Gasteiger partial charge in [-0.2, -0.15) is 13.1 Å².